The minimum absolute atomic E-state index is 0.0969. The summed E-state index contributed by atoms with van der Waals surface area (Å²) in [5, 5.41) is 2.54. The van der Waals surface area contributed by atoms with E-state index in [1.54, 1.807) is 11.0 Å². The fraction of sp³-hybridized carbons (Fsp3) is 0.304. The maximum Gasteiger partial charge on any atom is 0.230 e. The monoisotopic (exact) mass is 429 g/mol. The molecule has 0 aliphatic heterocycles. The van der Waals surface area contributed by atoms with Crippen LogP contribution in [0.1, 0.15) is 43.6 Å². The lowest BCUT2D eigenvalue weighted by Gasteiger charge is -2.24. The van der Waals surface area contributed by atoms with Crippen molar-refractivity contribution in [3.8, 4) is 0 Å². The number of para-hydroxylation sites is 1. The van der Waals surface area contributed by atoms with Gasteiger partial charge in [0.05, 0.1) is 11.4 Å². The molecular weight excluding hydrogens is 404 g/mol. The minimum Gasteiger partial charge on any atom is -0.294 e. The van der Waals surface area contributed by atoms with E-state index in [0.717, 1.165) is 29.4 Å². The minimum atomic E-state index is -0.852. The highest BCUT2D eigenvalue weighted by atomic mass is 32.1. The molecule has 0 spiro atoms. The van der Waals surface area contributed by atoms with Gasteiger partial charge in [-0.1, -0.05) is 31.2 Å². The van der Waals surface area contributed by atoms with Gasteiger partial charge in [0, 0.05) is 24.9 Å². The van der Waals surface area contributed by atoms with Gasteiger partial charge in [-0.05, 0) is 49.7 Å². The van der Waals surface area contributed by atoms with Gasteiger partial charge in [0.15, 0.2) is 16.8 Å². The van der Waals surface area contributed by atoms with Crippen LogP contribution in [-0.4, -0.2) is 22.8 Å². The van der Waals surface area contributed by atoms with E-state index in [1.807, 2.05) is 48.5 Å². The molecule has 158 valence electrons. The lowest BCUT2D eigenvalue weighted by atomic mass is 10.1. The van der Waals surface area contributed by atoms with E-state index >= 15 is 0 Å². The van der Waals surface area contributed by atoms with Crippen molar-refractivity contribution in [1.29, 1.82) is 0 Å². The maximum absolute atomic E-state index is 13.6. The number of rotatable bonds is 7. The molecule has 0 aliphatic carbocycles. The lowest BCUT2D eigenvalue weighted by molar-refractivity contribution is -0.115. The van der Waals surface area contributed by atoms with Crippen LogP contribution in [-0.2, 0) is 17.8 Å². The van der Waals surface area contributed by atoms with E-state index in [9.17, 15) is 13.6 Å². The molecule has 0 radical (unpaired) electrons. The molecule has 1 atom stereocenters. The molecule has 0 fully saturated rings. The Labute approximate surface area is 179 Å². The molecule has 3 rings (SSSR count). The standard InChI is InChI=1S/C23H25F2N3OS/c1-5-17-8-6-7-9-22(17)28(16(3)29)23-26-19(14-30-23)13-27(4)15(2)18-10-11-20(24)21(25)12-18/h6-12,14-15H,5,13H2,1-4H3. The number of halogens is 2. The van der Waals surface area contributed by atoms with Crippen LogP contribution in [0.4, 0.5) is 19.6 Å². The highest BCUT2D eigenvalue weighted by molar-refractivity contribution is 7.14. The molecule has 3 aromatic rings. The van der Waals surface area contributed by atoms with Crippen molar-refractivity contribution in [3.63, 3.8) is 0 Å². The van der Waals surface area contributed by atoms with E-state index < -0.39 is 11.6 Å². The van der Waals surface area contributed by atoms with Gasteiger partial charge in [-0.2, -0.15) is 0 Å². The summed E-state index contributed by atoms with van der Waals surface area (Å²) in [6.45, 7) is 6.03. The summed E-state index contributed by atoms with van der Waals surface area (Å²) in [7, 11) is 1.90. The molecule has 2 aromatic carbocycles. The van der Waals surface area contributed by atoms with Crippen molar-refractivity contribution >= 4 is 28.1 Å². The zero-order chi connectivity index (χ0) is 21.8. The third kappa shape index (κ3) is 4.74. The van der Waals surface area contributed by atoms with E-state index in [-0.39, 0.29) is 11.9 Å². The second-order valence-electron chi connectivity index (χ2n) is 7.22. The number of hydrogen-bond acceptors (Lipinski definition) is 4. The number of carbonyl (C=O) groups excluding carboxylic acids is 1. The van der Waals surface area contributed by atoms with Gasteiger partial charge in [-0.25, -0.2) is 13.8 Å². The molecule has 7 heteroatoms. The van der Waals surface area contributed by atoms with Gasteiger partial charge in [0.1, 0.15) is 0 Å². The Balaban J connectivity index is 1.80. The molecule has 0 aliphatic rings. The van der Waals surface area contributed by atoms with Crippen LogP contribution in [0.5, 0.6) is 0 Å². The molecule has 1 aromatic heterocycles. The zero-order valence-corrected chi connectivity index (χ0v) is 18.3. The maximum atomic E-state index is 13.6. The SMILES string of the molecule is CCc1ccccc1N(C(C)=O)c1nc(CN(C)C(C)c2ccc(F)c(F)c2)cs1. The first kappa shape index (κ1) is 22.1. The first-order valence-corrected chi connectivity index (χ1v) is 10.7. The number of aromatic nitrogens is 1. The largest absolute Gasteiger partial charge is 0.294 e. The Bertz CT molecular complexity index is 1040. The summed E-state index contributed by atoms with van der Waals surface area (Å²) >= 11 is 1.41. The average Bonchev–Trinajstić information content (AvgIpc) is 3.17. The fourth-order valence-corrected chi connectivity index (χ4v) is 4.20. The van der Waals surface area contributed by atoms with Crippen molar-refractivity contribution in [1.82, 2.24) is 9.88 Å². The number of thiazole rings is 1. The Morgan fingerprint density at radius 1 is 1.17 bits per heavy atom. The Morgan fingerprint density at radius 3 is 2.57 bits per heavy atom. The summed E-state index contributed by atoms with van der Waals surface area (Å²) in [5.74, 6) is -1.80. The summed E-state index contributed by atoms with van der Waals surface area (Å²) in [6, 6.07) is 11.6. The number of hydrogen-bond donors (Lipinski definition) is 0. The first-order valence-electron chi connectivity index (χ1n) is 9.80. The van der Waals surface area contributed by atoms with E-state index in [0.29, 0.717) is 17.2 Å². The number of carbonyl (C=O) groups is 1. The van der Waals surface area contributed by atoms with Crippen LogP contribution in [0, 0.1) is 11.6 Å². The number of anilines is 2. The van der Waals surface area contributed by atoms with Crippen molar-refractivity contribution in [3.05, 3.63) is 76.3 Å². The summed E-state index contributed by atoms with van der Waals surface area (Å²) in [6.07, 6.45) is 0.812. The van der Waals surface area contributed by atoms with Crippen molar-refractivity contribution in [2.75, 3.05) is 11.9 Å². The normalized spacial score (nSPS) is 12.2. The van der Waals surface area contributed by atoms with E-state index in [2.05, 4.69) is 11.9 Å². The number of amides is 1. The van der Waals surface area contributed by atoms with Crippen molar-refractivity contribution in [2.45, 2.75) is 39.8 Å². The van der Waals surface area contributed by atoms with Crippen LogP contribution in [0.25, 0.3) is 0 Å². The third-order valence-electron chi connectivity index (χ3n) is 5.16. The van der Waals surface area contributed by atoms with Crippen molar-refractivity contribution in [2.24, 2.45) is 0 Å². The van der Waals surface area contributed by atoms with Gasteiger partial charge in [0.2, 0.25) is 5.91 Å². The van der Waals surface area contributed by atoms with Gasteiger partial charge < -0.3 is 0 Å². The zero-order valence-electron chi connectivity index (χ0n) is 17.5. The average molecular weight is 430 g/mol. The molecular formula is C23H25F2N3OS. The van der Waals surface area contributed by atoms with Gasteiger partial charge in [-0.15, -0.1) is 11.3 Å². The molecule has 4 nitrogen and oxygen atoms in total. The first-order chi connectivity index (χ1) is 14.3. The quantitative estimate of drug-likeness (QED) is 0.472. The Morgan fingerprint density at radius 2 is 1.90 bits per heavy atom. The van der Waals surface area contributed by atoms with Crippen molar-refractivity contribution < 1.29 is 13.6 Å². The van der Waals surface area contributed by atoms with Crippen LogP contribution in [0.3, 0.4) is 0 Å². The van der Waals surface area contributed by atoms with Crippen LogP contribution in [0.2, 0.25) is 0 Å². The van der Waals surface area contributed by atoms with Gasteiger partial charge in [0.25, 0.3) is 0 Å². The highest BCUT2D eigenvalue weighted by Gasteiger charge is 2.21. The molecule has 0 saturated carbocycles. The smallest absolute Gasteiger partial charge is 0.230 e. The molecule has 1 heterocycles. The summed E-state index contributed by atoms with van der Waals surface area (Å²) in [4.78, 5) is 20.7. The second-order valence-corrected chi connectivity index (χ2v) is 8.06. The molecule has 0 bridgehead atoms. The Kier molecular flexibility index (Phi) is 6.95. The summed E-state index contributed by atoms with van der Waals surface area (Å²) in [5.41, 5.74) is 3.42. The molecule has 0 N–H and O–H groups in total. The van der Waals surface area contributed by atoms with Crippen LogP contribution >= 0.6 is 11.3 Å². The lowest BCUT2D eigenvalue weighted by Crippen LogP contribution is -2.24. The molecule has 1 unspecified atom stereocenters. The molecule has 0 saturated heterocycles. The Hall–Kier alpha value is -2.64. The second kappa shape index (κ2) is 9.45. The predicted octanol–water partition coefficient (Wildman–Crippen LogP) is 5.86. The topological polar surface area (TPSA) is 36.4 Å². The third-order valence-corrected chi connectivity index (χ3v) is 6.03. The highest BCUT2D eigenvalue weighted by Crippen LogP contribution is 2.32. The molecule has 1 amide bonds. The number of benzene rings is 2. The number of nitrogens with zero attached hydrogens (tertiary/aromatic N) is 3. The van der Waals surface area contributed by atoms with E-state index in [1.165, 1.54) is 24.3 Å². The summed E-state index contributed by atoms with van der Waals surface area (Å²) < 4.78 is 26.8. The van der Waals surface area contributed by atoms with Crippen LogP contribution < -0.4 is 4.90 Å². The molecule has 30 heavy (non-hydrogen) atoms. The van der Waals surface area contributed by atoms with Crippen LogP contribution in [0.15, 0.2) is 47.8 Å². The fourth-order valence-electron chi connectivity index (χ4n) is 3.33. The predicted molar refractivity (Wildman–Crippen MR) is 117 cm³/mol. The van der Waals surface area contributed by atoms with E-state index in [4.69, 9.17) is 0 Å². The number of aryl methyl sites for hydroxylation is 1. The van der Waals surface area contributed by atoms with Gasteiger partial charge in [-0.3, -0.25) is 14.6 Å². The van der Waals surface area contributed by atoms with Gasteiger partial charge >= 0.3 is 0 Å².